The maximum atomic E-state index is 5.37. The Kier molecular flexibility index (Phi) is 2.20. The highest BCUT2D eigenvalue weighted by molar-refractivity contribution is 5.08. The van der Waals surface area contributed by atoms with Gasteiger partial charge in [-0.2, -0.15) is 0 Å². The van der Waals surface area contributed by atoms with E-state index in [1.54, 1.807) is 11.3 Å². The van der Waals surface area contributed by atoms with Crippen LogP contribution in [0.25, 0.3) is 0 Å². The number of pyridine rings is 1. The number of hydrogen-bond donors (Lipinski definition) is 0. The van der Waals surface area contributed by atoms with Crippen molar-refractivity contribution in [2.45, 2.75) is 0 Å². The van der Waals surface area contributed by atoms with Crippen molar-refractivity contribution in [3.05, 3.63) is 24.4 Å². The van der Waals surface area contributed by atoms with E-state index in [-0.39, 0.29) is 0 Å². The predicted molar refractivity (Wildman–Crippen MR) is 42.4 cm³/mol. The molecule has 0 bridgehead atoms. The normalized spacial score (nSPS) is 18.0. The topological polar surface area (TPSA) is 34.6 Å². The van der Waals surface area contributed by atoms with Gasteiger partial charge in [-0.25, -0.2) is 4.98 Å². The molecular formula is C8H10N2O2. The average Bonchev–Trinajstić information content (AvgIpc) is 2.59. The Hall–Kier alpha value is -1.13. The van der Waals surface area contributed by atoms with E-state index in [1.165, 1.54) is 0 Å². The molecule has 0 atom stereocenters. The molecule has 0 aromatic carbocycles. The van der Waals surface area contributed by atoms with E-state index in [1.807, 2.05) is 18.2 Å². The number of hydroxylamine groups is 2. The third-order valence-electron chi connectivity index (χ3n) is 1.58. The van der Waals surface area contributed by atoms with Crippen LogP contribution in [0, 0.1) is 0 Å². The minimum Gasteiger partial charge on any atom is -0.383 e. The summed E-state index contributed by atoms with van der Waals surface area (Å²) in [4.78, 5) is 9.40. The summed E-state index contributed by atoms with van der Waals surface area (Å²) in [6, 6.07) is 5.56. The Morgan fingerprint density at radius 2 is 2.50 bits per heavy atom. The van der Waals surface area contributed by atoms with Crippen LogP contribution >= 0.6 is 0 Å². The van der Waals surface area contributed by atoms with Gasteiger partial charge in [0.05, 0.1) is 13.2 Å². The summed E-state index contributed by atoms with van der Waals surface area (Å²) in [5.41, 5.74) is 0. The first kappa shape index (κ1) is 7.52. The lowest BCUT2D eigenvalue weighted by Crippen LogP contribution is -2.24. The first-order valence-electron chi connectivity index (χ1n) is 3.87. The highest BCUT2D eigenvalue weighted by Crippen LogP contribution is 2.08. The second-order valence-corrected chi connectivity index (χ2v) is 2.50. The van der Waals surface area contributed by atoms with E-state index in [4.69, 9.17) is 9.57 Å². The van der Waals surface area contributed by atoms with Crippen LogP contribution in [-0.4, -0.2) is 29.9 Å². The van der Waals surface area contributed by atoms with Crippen LogP contribution in [0.1, 0.15) is 0 Å². The molecule has 0 aliphatic carbocycles. The van der Waals surface area contributed by atoms with Crippen molar-refractivity contribution in [2.75, 3.05) is 19.9 Å². The van der Waals surface area contributed by atoms with Gasteiger partial charge in [0.2, 0.25) is 5.88 Å². The van der Waals surface area contributed by atoms with Crippen molar-refractivity contribution in [1.29, 1.82) is 0 Å². The van der Waals surface area contributed by atoms with Crippen LogP contribution in [0.5, 0.6) is 5.88 Å². The van der Waals surface area contributed by atoms with Crippen LogP contribution in [0.4, 0.5) is 0 Å². The Bertz CT molecular complexity index is 234. The second-order valence-electron chi connectivity index (χ2n) is 2.50. The van der Waals surface area contributed by atoms with E-state index in [2.05, 4.69) is 4.98 Å². The SMILES string of the molecule is c1ccc(ON2CCOC2)nc1. The summed E-state index contributed by atoms with van der Waals surface area (Å²) < 4.78 is 5.10. The number of rotatable bonds is 2. The summed E-state index contributed by atoms with van der Waals surface area (Å²) >= 11 is 0. The zero-order valence-corrected chi connectivity index (χ0v) is 6.64. The van der Waals surface area contributed by atoms with Crippen molar-refractivity contribution < 1.29 is 9.57 Å². The third kappa shape index (κ3) is 1.72. The summed E-state index contributed by atoms with van der Waals surface area (Å²) in [6.07, 6.45) is 1.70. The maximum Gasteiger partial charge on any atom is 0.238 e. The minimum absolute atomic E-state index is 0.524. The van der Waals surface area contributed by atoms with Gasteiger partial charge in [0.15, 0.2) is 0 Å². The summed E-state index contributed by atoms with van der Waals surface area (Å²) in [6.45, 7) is 2.06. The fraction of sp³-hybridized carbons (Fsp3) is 0.375. The first-order chi connectivity index (χ1) is 5.95. The van der Waals surface area contributed by atoms with Gasteiger partial charge in [0.25, 0.3) is 0 Å². The Labute approximate surface area is 70.7 Å². The maximum absolute atomic E-state index is 5.37. The number of hydrogen-bond acceptors (Lipinski definition) is 4. The van der Waals surface area contributed by atoms with E-state index in [9.17, 15) is 0 Å². The lowest BCUT2D eigenvalue weighted by molar-refractivity contribution is -0.0717. The number of nitrogens with zero attached hydrogens (tertiary/aromatic N) is 2. The standard InChI is InChI=1S/C8H10N2O2/c1-2-4-9-8(3-1)12-10-5-6-11-7-10/h1-4H,5-7H2. The molecule has 64 valence electrons. The van der Waals surface area contributed by atoms with Gasteiger partial charge in [-0.15, -0.1) is 5.06 Å². The van der Waals surface area contributed by atoms with Crippen LogP contribution in [0.2, 0.25) is 0 Å². The fourth-order valence-electron chi connectivity index (χ4n) is 1.00. The number of aromatic nitrogens is 1. The van der Waals surface area contributed by atoms with Gasteiger partial charge in [-0.1, -0.05) is 6.07 Å². The molecule has 4 heteroatoms. The van der Waals surface area contributed by atoms with Crippen LogP contribution in [0.3, 0.4) is 0 Å². The van der Waals surface area contributed by atoms with Gasteiger partial charge in [0, 0.05) is 12.3 Å². The Balaban J connectivity index is 1.94. The minimum atomic E-state index is 0.524. The predicted octanol–water partition coefficient (Wildman–Crippen LogP) is 0.665. The molecule has 0 N–H and O–H groups in total. The van der Waals surface area contributed by atoms with E-state index >= 15 is 0 Å². The summed E-state index contributed by atoms with van der Waals surface area (Å²) in [5.74, 6) is 0.614. The van der Waals surface area contributed by atoms with E-state index in [0.717, 1.165) is 13.2 Å². The molecule has 0 amide bonds. The molecular weight excluding hydrogens is 156 g/mol. The molecule has 1 aliphatic heterocycles. The number of ether oxygens (including phenoxy) is 1. The second kappa shape index (κ2) is 3.51. The zero-order chi connectivity index (χ0) is 8.23. The molecule has 0 radical (unpaired) electrons. The van der Waals surface area contributed by atoms with Gasteiger partial charge in [-0.3, -0.25) is 0 Å². The van der Waals surface area contributed by atoms with E-state index < -0.39 is 0 Å². The van der Waals surface area contributed by atoms with Crippen LogP contribution in [0.15, 0.2) is 24.4 Å². The lowest BCUT2D eigenvalue weighted by atomic mass is 10.5. The molecule has 12 heavy (non-hydrogen) atoms. The summed E-state index contributed by atoms with van der Waals surface area (Å²) in [7, 11) is 0. The van der Waals surface area contributed by atoms with Crippen molar-refractivity contribution in [3.8, 4) is 5.88 Å². The zero-order valence-electron chi connectivity index (χ0n) is 6.64. The van der Waals surface area contributed by atoms with Crippen molar-refractivity contribution in [3.63, 3.8) is 0 Å². The van der Waals surface area contributed by atoms with Crippen LogP contribution in [-0.2, 0) is 4.74 Å². The largest absolute Gasteiger partial charge is 0.383 e. The monoisotopic (exact) mass is 166 g/mol. The van der Waals surface area contributed by atoms with Crippen molar-refractivity contribution in [2.24, 2.45) is 0 Å². The van der Waals surface area contributed by atoms with Crippen LogP contribution < -0.4 is 4.84 Å². The fourth-order valence-corrected chi connectivity index (χ4v) is 1.00. The molecule has 0 spiro atoms. The first-order valence-corrected chi connectivity index (χ1v) is 3.87. The Morgan fingerprint density at radius 1 is 1.50 bits per heavy atom. The summed E-state index contributed by atoms with van der Waals surface area (Å²) in [5, 5.41) is 1.74. The molecule has 2 rings (SSSR count). The lowest BCUT2D eigenvalue weighted by Gasteiger charge is -2.12. The van der Waals surface area contributed by atoms with Gasteiger partial charge >= 0.3 is 0 Å². The molecule has 1 aliphatic rings. The highest BCUT2D eigenvalue weighted by Gasteiger charge is 2.13. The molecule has 1 aromatic rings. The average molecular weight is 166 g/mol. The quantitative estimate of drug-likeness (QED) is 0.646. The highest BCUT2D eigenvalue weighted by atomic mass is 16.7. The van der Waals surface area contributed by atoms with Gasteiger partial charge in [0.1, 0.15) is 6.73 Å². The third-order valence-corrected chi connectivity index (χ3v) is 1.58. The molecule has 4 nitrogen and oxygen atoms in total. The Morgan fingerprint density at radius 3 is 3.17 bits per heavy atom. The van der Waals surface area contributed by atoms with Gasteiger partial charge < -0.3 is 9.57 Å². The van der Waals surface area contributed by atoms with E-state index in [0.29, 0.717) is 12.6 Å². The molecule has 0 saturated carbocycles. The molecule has 1 saturated heterocycles. The van der Waals surface area contributed by atoms with Crippen molar-refractivity contribution in [1.82, 2.24) is 10.0 Å². The smallest absolute Gasteiger partial charge is 0.238 e. The molecule has 1 fully saturated rings. The molecule has 1 aromatic heterocycles. The molecule has 0 unspecified atom stereocenters. The molecule has 2 heterocycles. The van der Waals surface area contributed by atoms with Crippen molar-refractivity contribution >= 4 is 0 Å². The van der Waals surface area contributed by atoms with Gasteiger partial charge in [-0.05, 0) is 6.07 Å².